The van der Waals surface area contributed by atoms with Crippen LogP contribution in [-0.4, -0.2) is 24.5 Å². The third-order valence-corrected chi connectivity index (χ3v) is 4.26. The molecule has 0 aromatic heterocycles. The smallest absolute Gasteiger partial charge is 0.319 e. The predicted octanol–water partition coefficient (Wildman–Crippen LogP) is 3.09. The molecule has 5 nitrogen and oxygen atoms in total. The second-order valence-electron chi connectivity index (χ2n) is 6.00. The van der Waals surface area contributed by atoms with Crippen molar-refractivity contribution in [2.24, 2.45) is 0 Å². The first-order chi connectivity index (χ1) is 11.6. The summed E-state index contributed by atoms with van der Waals surface area (Å²) < 4.78 is 0. The van der Waals surface area contributed by atoms with E-state index in [9.17, 15) is 9.59 Å². The van der Waals surface area contributed by atoms with Crippen LogP contribution in [0.25, 0.3) is 0 Å². The highest BCUT2D eigenvalue weighted by Gasteiger charge is 2.28. The van der Waals surface area contributed by atoms with Gasteiger partial charge in [-0.3, -0.25) is 4.79 Å². The molecule has 0 spiro atoms. The molecule has 3 amide bonds. The van der Waals surface area contributed by atoms with E-state index in [4.69, 9.17) is 0 Å². The monoisotopic (exact) mass is 323 g/mol. The molecular formula is C19H21N3O2. The van der Waals surface area contributed by atoms with Gasteiger partial charge in [-0.1, -0.05) is 36.4 Å². The SMILES string of the molecule is Cc1ccccc1NC(=O)NC(C)C(=O)N1CCc2ccccc21. The summed E-state index contributed by atoms with van der Waals surface area (Å²) in [5.41, 5.74) is 3.82. The Morgan fingerprint density at radius 3 is 2.58 bits per heavy atom. The fourth-order valence-corrected chi connectivity index (χ4v) is 2.93. The lowest BCUT2D eigenvalue weighted by Crippen LogP contribution is -2.47. The highest BCUT2D eigenvalue weighted by molar-refractivity contribution is 6.01. The Balaban J connectivity index is 1.63. The number of nitrogens with zero attached hydrogens (tertiary/aromatic N) is 1. The van der Waals surface area contributed by atoms with Crippen LogP contribution >= 0.6 is 0 Å². The second-order valence-corrected chi connectivity index (χ2v) is 6.00. The number of urea groups is 1. The number of fused-ring (bicyclic) bond motifs is 1. The van der Waals surface area contributed by atoms with Gasteiger partial charge in [0.25, 0.3) is 0 Å². The van der Waals surface area contributed by atoms with E-state index in [-0.39, 0.29) is 11.9 Å². The summed E-state index contributed by atoms with van der Waals surface area (Å²) in [7, 11) is 0. The zero-order valence-electron chi connectivity index (χ0n) is 13.9. The average molecular weight is 323 g/mol. The Bertz CT molecular complexity index is 773. The lowest BCUT2D eigenvalue weighted by molar-refractivity contribution is -0.119. The Hall–Kier alpha value is -2.82. The van der Waals surface area contributed by atoms with Gasteiger partial charge < -0.3 is 15.5 Å². The van der Waals surface area contributed by atoms with E-state index in [2.05, 4.69) is 10.6 Å². The minimum absolute atomic E-state index is 0.0973. The summed E-state index contributed by atoms with van der Waals surface area (Å²) in [6.45, 7) is 4.29. The number of aryl methyl sites for hydroxylation is 1. The van der Waals surface area contributed by atoms with Crippen molar-refractivity contribution in [2.75, 3.05) is 16.8 Å². The molecule has 0 saturated heterocycles. The number of hydrogen-bond acceptors (Lipinski definition) is 2. The van der Waals surface area contributed by atoms with E-state index in [0.29, 0.717) is 6.54 Å². The Labute approximate surface area is 141 Å². The van der Waals surface area contributed by atoms with Crippen LogP contribution in [0.15, 0.2) is 48.5 Å². The van der Waals surface area contributed by atoms with Crippen molar-refractivity contribution in [3.63, 3.8) is 0 Å². The van der Waals surface area contributed by atoms with Crippen LogP contribution in [0.1, 0.15) is 18.1 Å². The molecule has 124 valence electrons. The van der Waals surface area contributed by atoms with Crippen molar-refractivity contribution in [1.29, 1.82) is 0 Å². The average Bonchev–Trinajstić information content (AvgIpc) is 3.00. The number of rotatable bonds is 3. The molecule has 2 aromatic rings. The minimum Gasteiger partial charge on any atom is -0.326 e. The molecule has 2 aromatic carbocycles. The lowest BCUT2D eigenvalue weighted by atomic mass is 10.2. The van der Waals surface area contributed by atoms with Gasteiger partial charge in [0, 0.05) is 17.9 Å². The minimum atomic E-state index is -0.597. The molecule has 3 rings (SSSR count). The molecular weight excluding hydrogens is 302 g/mol. The van der Waals surface area contributed by atoms with Crippen molar-refractivity contribution in [2.45, 2.75) is 26.3 Å². The summed E-state index contributed by atoms with van der Waals surface area (Å²) in [4.78, 5) is 26.5. The summed E-state index contributed by atoms with van der Waals surface area (Å²) in [6.07, 6.45) is 0.851. The number of nitrogens with one attached hydrogen (secondary N) is 2. The first-order valence-corrected chi connectivity index (χ1v) is 8.08. The molecule has 0 saturated carbocycles. The number of amides is 3. The molecule has 0 fully saturated rings. The number of carbonyl (C=O) groups is 2. The van der Waals surface area contributed by atoms with Crippen LogP contribution in [-0.2, 0) is 11.2 Å². The van der Waals surface area contributed by atoms with Crippen molar-refractivity contribution in [1.82, 2.24) is 5.32 Å². The van der Waals surface area contributed by atoms with Crippen LogP contribution < -0.4 is 15.5 Å². The van der Waals surface area contributed by atoms with Crippen LogP contribution in [0, 0.1) is 6.92 Å². The third kappa shape index (κ3) is 3.25. The fourth-order valence-electron chi connectivity index (χ4n) is 2.93. The molecule has 0 radical (unpaired) electrons. The number of para-hydroxylation sites is 2. The third-order valence-electron chi connectivity index (χ3n) is 4.26. The molecule has 1 aliphatic rings. The molecule has 1 aliphatic heterocycles. The Morgan fingerprint density at radius 2 is 1.79 bits per heavy atom. The summed E-state index contributed by atoms with van der Waals surface area (Å²) >= 11 is 0. The molecule has 1 heterocycles. The van der Waals surface area contributed by atoms with Gasteiger partial charge in [0.2, 0.25) is 5.91 Å². The molecule has 5 heteroatoms. The first-order valence-electron chi connectivity index (χ1n) is 8.08. The van der Waals surface area contributed by atoms with Gasteiger partial charge in [0.1, 0.15) is 6.04 Å². The molecule has 2 N–H and O–H groups in total. The van der Waals surface area contributed by atoms with Crippen LogP contribution in [0.5, 0.6) is 0 Å². The number of hydrogen-bond donors (Lipinski definition) is 2. The number of carbonyl (C=O) groups excluding carboxylic acids is 2. The van der Waals surface area contributed by atoms with E-state index in [1.165, 1.54) is 5.56 Å². The van der Waals surface area contributed by atoms with Gasteiger partial charge in [-0.05, 0) is 43.5 Å². The largest absolute Gasteiger partial charge is 0.326 e. The van der Waals surface area contributed by atoms with E-state index in [1.54, 1.807) is 11.8 Å². The van der Waals surface area contributed by atoms with Crippen molar-refractivity contribution < 1.29 is 9.59 Å². The summed E-state index contributed by atoms with van der Waals surface area (Å²) in [6, 6.07) is 14.4. The molecule has 1 unspecified atom stereocenters. The van der Waals surface area contributed by atoms with E-state index in [0.717, 1.165) is 23.4 Å². The molecule has 24 heavy (non-hydrogen) atoms. The maximum atomic E-state index is 12.6. The zero-order chi connectivity index (χ0) is 17.1. The summed E-state index contributed by atoms with van der Waals surface area (Å²) in [5.74, 6) is -0.0973. The van der Waals surface area contributed by atoms with E-state index >= 15 is 0 Å². The molecule has 0 bridgehead atoms. The van der Waals surface area contributed by atoms with E-state index < -0.39 is 6.04 Å². The highest BCUT2D eigenvalue weighted by Crippen LogP contribution is 2.27. The Kier molecular flexibility index (Phi) is 4.51. The van der Waals surface area contributed by atoms with Crippen LogP contribution in [0.4, 0.5) is 16.2 Å². The first kappa shape index (κ1) is 16.1. The maximum Gasteiger partial charge on any atom is 0.319 e. The van der Waals surface area contributed by atoms with Crippen LogP contribution in [0.2, 0.25) is 0 Å². The standard InChI is InChI=1S/C19H21N3O2/c1-13-7-3-5-9-16(13)21-19(24)20-14(2)18(23)22-12-11-15-8-4-6-10-17(15)22/h3-10,14H,11-12H2,1-2H3,(H2,20,21,24). The van der Waals surface area contributed by atoms with Gasteiger partial charge in [-0.15, -0.1) is 0 Å². The maximum absolute atomic E-state index is 12.6. The number of anilines is 2. The van der Waals surface area contributed by atoms with Crippen molar-refractivity contribution >= 4 is 23.3 Å². The normalized spacial score (nSPS) is 14.0. The van der Waals surface area contributed by atoms with Gasteiger partial charge in [0.15, 0.2) is 0 Å². The fraction of sp³-hybridized carbons (Fsp3) is 0.263. The van der Waals surface area contributed by atoms with Crippen molar-refractivity contribution in [3.05, 3.63) is 59.7 Å². The zero-order valence-corrected chi connectivity index (χ0v) is 13.9. The summed E-state index contributed by atoms with van der Waals surface area (Å²) in [5, 5.41) is 5.51. The van der Waals surface area contributed by atoms with Gasteiger partial charge >= 0.3 is 6.03 Å². The quantitative estimate of drug-likeness (QED) is 0.912. The van der Waals surface area contributed by atoms with Gasteiger partial charge in [0.05, 0.1) is 0 Å². The van der Waals surface area contributed by atoms with Crippen LogP contribution in [0.3, 0.4) is 0 Å². The van der Waals surface area contributed by atoms with Gasteiger partial charge in [-0.25, -0.2) is 4.79 Å². The number of benzene rings is 2. The molecule has 0 aliphatic carbocycles. The highest BCUT2D eigenvalue weighted by atomic mass is 16.2. The predicted molar refractivity (Wildman–Crippen MR) is 95.3 cm³/mol. The van der Waals surface area contributed by atoms with E-state index in [1.807, 2.05) is 55.5 Å². The topological polar surface area (TPSA) is 61.4 Å². The van der Waals surface area contributed by atoms with Gasteiger partial charge in [-0.2, -0.15) is 0 Å². The molecule has 1 atom stereocenters. The Morgan fingerprint density at radius 1 is 1.08 bits per heavy atom. The van der Waals surface area contributed by atoms with Crippen molar-refractivity contribution in [3.8, 4) is 0 Å². The second kappa shape index (κ2) is 6.74. The lowest BCUT2D eigenvalue weighted by Gasteiger charge is -2.22.